The average molecular weight is 265 g/mol. The van der Waals surface area contributed by atoms with Crippen molar-refractivity contribution >= 4 is 27.3 Å². The summed E-state index contributed by atoms with van der Waals surface area (Å²) in [6.07, 6.45) is 1.37. The Labute approximate surface area is 99.8 Å². The Morgan fingerprint density at radius 2 is 2.25 bits per heavy atom. The summed E-state index contributed by atoms with van der Waals surface area (Å²) in [6, 6.07) is 1.62. The molecule has 0 radical (unpaired) electrons. The average Bonchev–Trinajstić information content (AvgIpc) is 2.20. The third-order valence-electron chi connectivity index (χ3n) is 1.84. The molecule has 0 saturated heterocycles. The molecule has 0 saturated carbocycles. The van der Waals surface area contributed by atoms with Gasteiger partial charge in [0.1, 0.15) is 5.15 Å². The molecule has 0 aliphatic carbocycles. The van der Waals surface area contributed by atoms with E-state index in [1.54, 1.807) is 13.0 Å². The van der Waals surface area contributed by atoms with Crippen molar-refractivity contribution in [1.82, 2.24) is 4.98 Å². The van der Waals surface area contributed by atoms with Gasteiger partial charge in [0.25, 0.3) is 0 Å². The zero-order valence-corrected chi connectivity index (χ0v) is 10.6. The van der Waals surface area contributed by atoms with E-state index < -0.39 is 10.0 Å². The highest BCUT2D eigenvalue weighted by atomic mass is 35.5. The van der Waals surface area contributed by atoms with E-state index in [1.807, 2.05) is 0 Å². The maximum atomic E-state index is 11.5. The molecule has 5 nitrogen and oxygen atoms in total. The molecule has 1 aromatic heterocycles. The summed E-state index contributed by atoms with van der Waals surface area (Å²) in [5, 5.41) is 0.361. The van der Waals surface area contributed by atoms with Gasteiger partial charge in [-0.2, -0.15) is 0 Å². The van der Waals surface area contributed by atoms with Gasteiger partial charge in [-0.3, -0.25) is 4.72 Å². The van der Waals surface area contributed by atoms with Crippen molar-refractivity contribution in [3.05, 3.63) is 23.0 Å². The standard InChI is InChI=1S/C9H13ClN2O3S/c1-7-5-8(6-11-9(7)10)12-16(13,14)4-3-15-2/h5-6,12H,3-4H2,1-2H3. The summed E-state index contributed by atoms with van der Waals surface area (Å²) in [5.41, 5.74) is 1.12. The fourth-order valence-corrected chi connectivity index (χ4v) is 2.10. The Morgan fingerprint density at radius 1 is 1.56 bits per heavy atom. The molecule has 0 spiro atoms. The van der Waals surface area contributed by atoms with Gasteiger partial charge in [-0.05, 0) is 18.6 Å². The van der Waals surface area contributed by atoms with Crippen molar-refractivity contribution in [3.8, 4) is 0 Å². The molecule has 0 atom stereocenters. The number of methoxy groups -OCH3 is 1. The van der Waals surface area contributed by atoms with Crippen LogP contribution < -0.4 is 4.72 Å². The van der Waals surface area contributed by atoms with Gasteiger partial charge in [0.15, 0.2) is 0 Å². The van der Waals surface area contributed by atoms with Crippen molar-refractivity contribution in [2.75, 3.05) is 24.2 Å². The van der Waals surface area contributed by atoms with E-state index in [-0.39, 0.29) is 12.4 Å². The molecule has 0 fully saturated rings. The number of hydrogen-bond donors (Lipinski definition) is 1. The van der Waals surface area contributed by atoms with Crippen LogP contribution in [-0.2, 0) is 14.8 Å². The summed E-state index contributed by atoms with van der Waals surface area (Å²) in [6.45, 7) is 1.90. The lowest BCUT2D eigenvalue weighted by molar-refractivity contribution is 0.217. The van der Waals surface area contributed by atoms with Gasteiger partial charge >= 0.3 is 0 Å². The van der Waals surface area contributed by atoms with Gasteiger partial charge in [-0.1, -0.05) is 11.6 Å². The van der Waals surface area contributed by atoms with Crippen LogP contribution in [-0.4, -0.2) is 32.9 Å². The molecule has 1 aromatic rings. The maximum Gasteiger partial charge on any atom is 0.235 e. The molecule has 0 aromatic carbocycles. The van der Waals surface area contributed by atoms with E-state index in [1.165, 1.54) is 13.3 Å². The van der Waals surface area contributed by atoms with Crippen LogP contribution >= 0.6 is 11.6 Å². The maximum absolute atomic E-state index is 11.5. The molecule has 16 heavy (non-hydrogen) atoms. The van der Waals surface area contributed by atoms with Crippen molar-refractivity contribution < 1.29 is 13.2 Å². The third-order valence-corrected chi connectivity index (χ3v) is 3.49. The van der Waals surface area contributed by atoms with E-state index in [0.717, 1.165) is 0 Å². The fraction of sp³-hybridized carbons (Fsp3) is 0.444. The molecule has 90 valence electrons. The molecule has 1 heterocycles. The van der Waals surface area contributed by atoms with E-state index >= 15 is 0 Å². The second kappa shape index (κ2) is 5.47. The Bertz CT molecular complexity index is 462. The van der Waals surface area contributed by atoms with Gasteiger partial charge in [0, 0.05) is 7.11 Å². The van der Waals surface area contributed by atoms with Crippen LogP contribution in [0.4, 0.5) is 5.69 Å². The van der Waals surface area contributed by atoms with Crippen LogP contribution in [0, 0.1) is 6.92 Å². The second-order valence-electron chi connectivity index (χ2n) is 3.25. The third kappa shape index (κ3) is 3.96. The molecule has 7 heteroatoms. The minimum absolute atomic E-state index is 0.0921. The lowest BCUT2D eigenvalue weighted by Gasteiger charge is -2.08. The summed E-state index contributed by atoms with van der Waals surface area (Å²) in [4.78, 5) is 3.85. The zero-order chi connectivity index (χ0) is 12.2. The van der Waals surface area contributed by atoms with Crippen LogP contribution in [0.2, 0.25) is 5.15 Å². The highest BCUT2D eigenvalue weighted by molar-refractivity contribution is 7.92. The predicted molar refractivity (Wildman–Crippen MR) is 63.3 cm³/mol. The van der Waals surface area contributed by atoms with Gasteiger partial charge in [0.2, 0.25) is 10.0 Å². The smallest absolute Gasteiger partial charge is 0.235 e. The number of rotatable bonds is 5. The number of hydrogen-bond acceptors (Lipinski definition) is 4. The van der Waals surface area contributed by atoms with Crippen molar-refractivity contribution in [2.45, 2.75) is 6.92 Å². The molecule has 0 aliphatic rings. The van der Waals surface area contributed by atoms with Crippen LogP contribution in [0.5, 0.6) is 0 Å². The normalized spacial score (nSPS) is 11.4. The lowest BCUT2D eigenvalue weighted by Crippen LogP contribution is -2.19. The van der Waals surface area contributed by atoms with E-state index in [9.17, 15) is 8.42 Å². The molecule has 0 unspecified atom stereocenters. The molecule has 0 aliphatic heterocycles. The first kappa shape index (κ1) is 13.2. The zero-order valence-electron chi connectivity index (χ0n) is 9.03. The topological polar surface area (TPSA) is 68.3 Å². The first-order valence-electron chi connectivity index (χ1n) is 4.56. The summed E-state index contributed by atoms with van der Waals surface area (Å²) < 4.78 is 30.1. The second-order valence-corrected chi connectivity index (χ2v) is 5.45. The van der Waals surface area contributed by atoms with Crippen LogP contribution in [0.1, 0.15) is 5.56 Å². The number of nitrogens with zero attached hydrogens (tertiary/aromatic N) is 1. The number of ether oxygens (including phenoxy) is 1. The summed E-state index contributed by atoms with van der Waals surface area (Å²) >= 11 is 5.73. The van der Waals surface area contributed by atoms with Gasteiger partial charge < -0.3 is 4.74 Å². The molecular weight excluding hydrogens is 252 g/mol. The molecule has 0 amide bonds. The van der Waals surface area contributed by atoms with Gasteiger partial charge in [-0.15, -0.1) is 0 Å². The van der Waals surface area contributed by atoms with E-state index in [0.29, 0.717) is 16.4 Å². The highest BCUT2D eigenvalue weighted by Gasteiger charge is 2.10. The molecule has 0 bridgehead atoms. The minimum Gasteiger partial charge on any atom is -0.384 e. The first-order chi connectivity index (χ1) is 7.44. The largest absolute Gasteiger partial charge is 0.384 e. The molecular formula is C9H13ClN2O3S. The first-order valence-corrected chi connectivity index (χ1v) is 6.59. The fourth-order valence-electron chi connectivity index (χ4n) is 1.04. The molecule has 1 N–H and O–H groups in total. The van der Waals surface area contributed by atoms with Crippen LogP contribution in [0.15, 0.2) is 12.3 Å². The van der Waals surface area contributed by atoms with E-state index in [4.69, 9.17) is 16.3 Å². The van der Waals surface area contributed by atoms with Crippen molar-refractivity contribution in [2.24, 2.45) is 0 Å². The van der Waals surface area contributed by atoms with Gasteiger partial charge in [0.05, 0.1) is 24.2 Å². The number of halogens is 1. The van der Waals surface area contributed by atoms with Gasteiger partial charge in [-0.25, -0.2) is 13.4 Å². The number of nitrogens with one attached hydrogen (secondary N) is 1. The Morgan fingerprint density at radius 3 is 2.81 bits per heavy atom. The number of anilines is 1. The number of aromatic nitrogens is 1. The minimum atomic E-state index is -3.38. The number of pyridine rings is 1. The Kier molecular flexibility index (Phi) is 4.52. The SMILES string of the molecule is COCCS(=O)(=O)Nc1cnc(Cl)c(C)c1. The predicted octanol–water partition coefficient (Wildman–Crippen LogP) is 1.43. The number of sulfonamides is 1. The Balaban J connectivity index is 2.76. The van der Waals surface area contributed by atoms with Crippen molar-refractivity contribution in [3.63, 3.8) is 0 Å². The van der Waals surface area contributed by atoms with E-state index in [2.05, 4.69) is 9.71 Å². The van der Waals surface area contributed by atoms with Crippen LogP contribution in [0.25, 0.3) is 0 Å². The lowest BCUT2D eigenvalue weighted by atomic mass is 10.3. The van der Waals surface area contributed by atoms with Crippen molar-refractivity contribution in [1.29, 1.82) is 0 Å². The summed E-state index contributed by atoms with van der Waals surface area (Å²) in [7, 11) is -1.94. The highest BCUT2D eigenvalue weighted by Crippen LogP contribution is 2.16. The van der Waals surface area contributed by atoms with Crippen LogP contribution in [0.3, 0.4) is 0 Å². The molecule has 1 rings (SSSR count). The number of aryl methyl sites for hydroxylation is 1. The monoisotopic (exact) mass is 264 g/mol. The quantitative estimate of drug-likeness (QED) is 0.817. The Hall–Kier alpha value is -0.850. The summed E-state index contributed by atoms with van der Waals surface area (Å²) in [5.74, 6) is -0.0921.